The molecule has 0 saturated carbocycles. The Bertz CT molecular complexity index is 812. The third kappa shape index (κ3) is 1.89. The SMILES string of the molecule is O=C(O)c1cccc2nc(-c3ccc(=O)[nH]c3)oc12. The van der Waals surface area contributed by atoms with Crippen LogP contribution < -0.4 is 5.56 Å². The van der Waals surface area contributed by atoms with Gasteiger partial charge >= 0.3 is 5.97 Å². The maximum absolute atomic E-state index is 11.1. The molecular formula is C13H8N2O4. The number of rotatable bonds is 2. The van der Waals surface area contributed by atoms with Crippen molar-refractivity contribution in [2.75, 3.05) is 0 Å². The van der Waals surface area contributed by atoms with Gasteiger partial charge in [0.1, 0.15) is 11.1 Å². The van der Waals surface area contributed by atoms with Crippen LogP contribution in [0.15, 0.2) is 45.7 Å². The van der Waals surface area contributed by atoms with Crippen molar-refractivity contribution in [3.8, 4) is 11.5 Å². The molecule has 0 saturated heterocycles. The Morgan fingerprint density at radius 1 is 1.26 bits per heavy atom. The summed E-state index contributed by atoms with van der Waals surface area (Å²) in [6.07, 6.45) is 1.47. The molecule has 0 radical (unpaired) electrons. The van der Waals surface area contributed by atoms with Crippen molar-refractivity contribution in [1.82, 2.24) is 9.97 Å². The second-order valence-corrected chi connectivity index (χ2v) is 3.92. The topological polar surface area (TPSA) is 96.2 Å². The summed E-state index contributed by atoms with van der Waals surface area (Å²) in [5.41, 5.74) is 1.08. The maximum Gasteiger partial charge on any atom is 0.339 e. The van der Waals surface area contributed by atoms with E-state index in [-0.39, 0.29) is 22.6 Å². The van der Waals surface area contributed by atoms with Crippen molar-refractivity contribution in [3.05, 3.63) is 52.4 Å². The van der Waals surface area contributed by atoms with Gasteiger partial charge in [-0.05, 0) is 18.2 Å². The minimum absolute atomic E-state index is 0.0562. The molecule has 3 aromatic rings. The maximum atomic E-state index is 11.1. The highest BCUT2D eigenvalue weighted by Crippen LogP contribution is 2.25. The highest BCUT2D eigenvalue weighted by Gasteiger charge is 2.15. The van der Waals surface area contributed by atoms with E-state index in [0.717, 1.165) is 0 Å². The summed E-state index contributed by atoms with van der Waals surface area (Å²) in [5, 5.41) is 9.06. The number of aromatic nitrogens is 2. The molecule has 0 aliphatic heterocycles. The van der Waals surface area contributed by atoms with Gasteiger partial charge in [-0.15, -0.1) is 0 Å². The van der Waals surface area contributed by atoms with Crippen LogP contribution in [0.2, 0.25) is 0 Å². The zero-order chi connectivity index (χ0) is 13.4. The number of carboxylic acids is 1. The van der Waals surface area contributed by atoms with Gasteiger partial charge in [0, 0.05) is 12.3 Å². The number of hydrogen-bond donors (Lipinski definition) is 2. The average Bonchev–Trinajstić information content (AvgIpc) is 2.82. The fourth-order valence-corrected chi connectivity index (χ4v) is 1.78. The van der Waals surface area contributed by atoms with Crippen LogP contribution in [-0.2, 0) is 0 Å². The van der Waals surface area contributed by atoms with Crippen LogP contribution in [0, 0.1) is 0 Å². The number of nitrogens with zero attached hydrogens (tertiary/aromatic N) is 1. The Morgan fingerprint density at radius 2 is 2.11 bits per heavy atom. The van der Waals surface area contributed by atoms with Gasteiger partial charge in [-0.1, -0.05) is 6.07 Å². The summed E-state index contributed by atoms with van der Waals surface area (Å²) in [4.78, 5) is 28.8. The van der Waals surface area contributed by atoms with Crippen molar-refractivity contribution in [2.45, 2.75) is 0 Å². The predicted molar refractivity (Wildman–Crippen MR) is 67.0 cm³/mol. The highest BCUT2D eigenvalue weighted by atomic mass is 16.4. The van der Waals surface area contributed by atoms with Gasteiger partial charge in [-0.3, -0.25) is 4.79 Å². The number of pyridine rings is 1. The number of para-hydroxylation sites is 1. The van der Waals surface area contributed by atoms with Crippen LogP contribution in [-0.4, -0.2) is 21.0 Å². The third-order valence-electron chi connectivity index (χ3n) is 2.68. The first kappa shape index (κ1) is 11.2. The van der Waals surface area contributed by atoms with E-state index in [2.05, 4.69) is 9.97 Å². The molecule has 0 unspecified atom stereocenters. The average molecular weight is 256 g/mol. The minimum atomic E-state index is -1.07. The molecule has 94 valence electrons. The summed E-state index contributed by atoms with van der Waals surface area (Å²) in [5.74, 6) is -0.810. The number of carbonyl (C=O) groups is 1. The van der Waals surface area contributed by atoms with E-state index in [1.807, 2.05) is 0 Å². The van der Waals surface area contributed by atoms with E-state index in [0.29, 0.717) is 11.1 Å². The van der Waals surface area contributed by atoms with Crippen molar-refractivity contribution in [3.63, 3.8) is 0 Å². The van der Waals surface area contributed by atoms with Gasteiger partial charge in [0.15, 0.2) is 5.58 Å². The lowest BCUT2D eigenvalue weighted by Crippen LogP contribution is -2.01. The second-order valence-electron chi connectivity index (χ2n) is 3.92. The number of fused-ring (bicyclic) bond motifs is 1. The number of carboxylic acid groups (broad SMARTS) is 1. The van der Waals surface area contributed by atoms with Gasteiger partial charge in [-0.2, -0.15) is 0 Å². The largest absolute Gasteiger partial charge is 0.478 e. The van der Waals surface area contributed by atoms with Crippen LogP contribution in [0.3, 0.4) is 0 Å². The van der Waals surface area contributed by atoms with Crippen LogP contribution in [0.1, 0.15) is 10.4 Å². The van der Waals surface area contributed by atoms with Gasteiger partial charge in [-0.25, -0.2) is 9.78 Å². The van der Waals surface area contributed by atoms with Crippen molar-refractivity contribution < 1.29 is 14.3 Å². The van der Waals surface area contributed by atoms with Crippen molar-refractivity contribution in [2.24, 2.45) is 0 Å². The number of hydrogen-bond acceptors (Lipinski definition) is 4. The Hall–Kier alpha value is -2.89. The zero-order valence-corrected chi connectivity index (χ0v) is 9.58. The molecular weight excluding hydrogens is 248 g/mol. The number of oxazole rings is 1. The molecule has 0 bridgehead atoms. The Labute approximate surface area is 106 Å². The van der Waals surface area contributed by atoms with E-state index in [4.69, 9.17) is 9.52 Å². The Balaban J connectivity index is 2.21. The Kier molecular flexibility index (Phi) is 2.42. The number of nitrogens with one attached hydrogen (secondary N) is 1. The Morgan fingerprint density at radius 3 is 2.79 bits per heavy atom. The first-order valence-corrected chi connectivity index (χ1v) is 5.47. The van der Waals surface area contributed by atoms with E-state index in [1.165, 1.54) is 18.3 Å². The molecule has 0 spiro atoms. The molecule has 0 aliphatic rings. The third-order valence-corrected chi connectivity index (χ3v) is 2.68. The lowest BCUT2D eigenvalue weighted by Gasteiger charge is -1.94. The van der Waals surface area contributed by atoms with E-state index >= 15 is 0 Å². The molecule has 19 heavy (non-hydrogen) atoms. The highest BCUT2D eigenvalue weighted by molar-refractivity contribution is 6.00. The summed E-state index contributed by atoms with van der Waals surface area (Å²) < 4.78 is 5.47. The van der Waals surface area contributed by atoms with E-state index < -0.39 is 5.97 Å². The smallest absolute Gasteiger partial charge is 0.339 e. The van der Waals surface area contributed by atoms with Gasteiger partial charge < -0.3 is 14.5 Å². The van der Waals surface area contributed by atoms with E-state index in [1.54, 1.807) is 18.2 Å². The first-order valence-electron chi connectivity index (χ1n) is 5.47. The summed E-state index contributed by atoms with van der Waals surface area (Å²) in [6.45, 7) is 0. The number of H-pyrrole nitrogens is 1. The minimum Gasteiger partial charge on any atom is -0.478 e. The second kappa shape index (κ2) is 4.09. The molecule has 0 amide bonds. The molecule has 0 fully saturated rings. The van der Waals surface area contributed by atoms with Gasteiger partial charge in [0.2, 0.25) is 11.4 Å². The number of benzene rings is 1. The molecule has 2 N–H and O–H groups in total. The normalized spacial score (nSPS) is 10.7. The molecule has 6 heteroatoms. The molecule has 2 aromatic heterocycles. The van der Waals surface area contributed by atoms with Crippen molar-refractivity contribution in [1.29, 1.82) is 0 Å². The first-order chi connectivity index (χ1) is 9.15. The molecule has 0 atom stereocenters. The predicted octanol–water partition coefficient (Wildman–Crippen LogP) is 1.88. The van der Waals surface area contributed by atoms with Gasteiger partial charge in [0.05, 0.1) is 5.56 Å². The van der Waals surface area contributed by atoms with Gasteiger partial charge in [0.25, 0.3) is 0 Å². The lowest BCUT2D eigenvalue weighted by atomic mass is 10.2. The zero-order valence-electron chi connectivity index (χ0n) is 9.58. The van der Waals surface area contributed by atoms with Crippen molar-refractivity contribution >= 4 is 17.1 Å². The quantitative estimate of drug-likeness (QED) is 0.729. The van der Waals surface area contributed by atoms with Crippen LogP contribution in [0.4, 0.5) is 0 Å². The van der Waals surface area contributed by atoms with Crippen LogP contribution >= 0.6 is 0 Å². The fraction of sp³-hybridized carbons (Fsp3) is 0. The summed E-state index contributed by atoms with van der Waals surface area (Å²) >= 11 is 0. The molecule has 6 nitrogen and oxygen atoms in total. The number of aromatic amines is 1. The number of aromatic carboxylic acids is 1. The fourth-order valence-electron chi connectivity index (χ4n) is 1.78. The monoisotopic (exact) mass is 256 g/mol. The molecule has 3 rings (SSSR count). The summed E-state index contributed by atoms with van der Waals surface area (Å²) in [6, 6.07) is 7.63. The van der Waals surface area contributed by atoms with E-state index in [9.17, 15) is 9.59 Å². The standard InChI is InChI=1S/C13H8N2O4/c16-10-5-4-7(6-14-10)12-15-9-3-1-2-8(13(17)18)11(9)19-12/h1-6H,(H,14,16)(H,17,18). The van der Waals surface area contributed by atoms with Crippen LogP contribution in [0.25, 0.3) is 22.6 Å². The van der Waals surface area contributed by atoms with Crippen LogP contribution in [0.5, 0.6) is 0 Å². The molecule has 1 aromatic carbocycles. The lowest BCUT2D eigenvalue weighted by molar-refractivity contribution is 0.0698. The molecule has 2 heterocycles. The summed E-state index contributed by atoms with van der Waals surface area (Å²) in [7, 11) is 0. The molecule has 0 aliphatic carbocycles.